The van der Waals surface area contributed by atoms with Gasteiger partial charge in [-0.25, -0.2) is 0 Å². The van der Waals surface area contributed by atoms with Crippen molar-refractivity contribution >= 4 is 5.78 Å². The molecule has 54 valence electrons. The van der Waals surface area contributed by atoms with Gasteiger partial charge in [0.15, 0.2) is 0 Å². The number of rotatable bonds is 0. The molecule has 4 fully saturated rings. The van der Waals surface area contributed by atoms with E-state index in [-0.39, 0.29) is 6.10 Å². The number of hydrogen-bond donors (Lipinski definition) is 1. The molecule has 4 saturated carbocycles. The van der Waals surface area contributed by atoms with Gasteiger partial charge in [0.2, 0.25) is 0 Å². The maximum absolute atomic E-state index is 11.1. The summed E-state index contributed by atoms with van der Waals surface area (Å²) >= 11 is 0. The van der Waals surface area contributed by atoms with Gasteiger partial charge >= 0.3 is 0 Å². The molecule has 0 saturated heterocycles. The number of ketones is 1. The number of carbonyl (C=O) groups excluding carboxylic acids is 1. The van der Waals surface area contributed by atoms with E-state index in [4.69, 9.17) is 0 Å². The zero-order chi connectivity index (χ0) is 6.88. The molecule has 5 atom stereocenters. The fourth-order valence-electron chi connectivity index (χ4n) is 3.03. The van der Waals surface area contributed by atoms with Gasteiger partial charge in [-0.3, -0.25) is 4.79 Å². The number of Topliss-reactive ketones (excluding diaryl/α,β-unsaturated/α-hetero) is 1. The van der Waals surface area contributed by atoms with Gasteiger partial charge in [0, 0.05) is 12.3 Å². The van der Waals surface area contributed by atoms with Gasteiger partial charge < -0.3 is 5.11 Å². The van der Waals surface area contributed by atoms with Crippen LogP contribution in [0.15, 0.2) is 0 Å². The fourth-order valence-corrected chi connectivity index (χ4v) is 3.03. The molecular weight excluding hydrogens is 128 g/mol. The Hall–Kier alpha value is -0.370. The Morgan fingerprint density at radius 3 is 2.70 bits per heavy atom. The zero-order valence-corrected chi connectivity index (χ0v) is 5.66. The van der Waals surface area contributed by atoms with Crippen LogP contribution in [0.2, 0.25) is 0 Å². The van der Waals surface area contributed by atoms with Crippen molar-refractivity contribution in [3.05, 3.63) is 0 Å². The highest BCUT2D eigenvalue weighted by Gasteiger charge is 2.67. The SMILES string of the molecule is O=C1CC2CC3[C@H]([C@H]13)[C@H]2O. The lowest BCUT2D eigenvalue weighted by Crippen LogP contribution is -2.31. The molecule has 0 aromatic heterocycles. The Morgan fingerprint density at radius 1 is 1.50 bits per heavy atom. The van der Waals surface area contributed by atoms with Crippen molar-refractivity contribution in [3.8, 4) is 0 Å². The Morgan fingerprint density at radius 2 is 2.30 bits per heavy atom. The van der Waals surface area contributed by atoms with E-state index in [1.165, 1.54) is 0 Å². The van der Waals surface area contributed by atoms with Crippen molar-refractivity contribution in [2.45, 2.75) is 18.9 Å². The average Bonchev–Trinajstić information content (AvgIpc) is 2.54. The van der Waals surface area contributed by atoms with Crippen molar-refractivity contribution in [2.75, 3.05) is 0 Å². The van der Waals surface area contributed by atoms with Gasteiger partial charge in [-0.1, -0.05) is 0 Å². The molecule has 4 aliphatic carbocycles. The van der Waals surface area contributed by atoms with Crippen LogP contribution in [-0.4, -0.2) is 17.0 Å². The van der Waals surface area contributed by atoms with E-state index in [1.54, 1.807) is 0 Å². The molecule has 0 aromatic rings. The molecule has 2 unspecified atom stereocenters. The summed E-state index contributed by atoms with van der Waals surface area (Å²) in [5, 5.41) is 9.50. The highest BCUT2D eigenvalue weighted by atomic mass is 16.3. The van der Waals surface area contributed by atoms with Crippen LogP contribution < -0.4 is 0 Å². The van der Waals surface area contributed by atoms with Gasteiger partial charge in [0.05, 0.1) is 6.10 Å². The quantitative estimate of drug-likeness (QED) is 0.519. The molecule has 4 bridgehead atoms. The normalized spacial score (nSPS) is 62.9. The van der Waals surface area contributed by atoms with Crippen molar-refractivity contribution < 1.29 is 9.90 Å². The van der Waals surface area contributed by atoms with Crippen molar-refractivity contribution in [3.63, 3.8) is 0 Å². The minimum Gasteiger partial charge on any atom is -0.393 e. The summed E-state index contributed by atoms with van der Waals surface area (Å²) in [6.45, 7) is 0. The number of carbonyl (C=O) groups is 1. The Kier molecular flexibility index (Phi) is 0.691. The van der Waals surface area contributed by atoms with Crippen molar-refractivity contribution in [1.29, 1.82) is 0 Å². The van der Waals surface area contributed by atoms with Crippen LogP contribution in [0.25, 0.3) is 0 Å². The molecule has 0 radical (unpaired) electrons. The predicted molar refractivity (Wildman–Crippen MR) is 34.2 cm³/mol. The van der Waals surface area contributed by atoms with E-state index < -0.39 is 0 Å². The molecule has 0 aliphatic heterocycles. The maximum Gasteiger partial charge on any atom is 0.137 e. The lowest BCUT2D eigenvalue weighted by Gasteiger charge is -2.24. The first-order chi connectivity index (χ1) is 4.79. The third-order valence-electron chi connectivity index (χ3n) is 3.52. The Labute approximate surface area is 59.2 Å². The molecule has 0 spiro atoms. The second-order valence-corrected chi connectivity index (χ2v) is 3.92. The summed E-state index contributed by atoms with van der Waals surface area (Å²) < 4.78 is 0. The molecule has 10 heavy (non-hydrogen) atoms. The van der Waals surface area contributed by atoms with Crippen LogP contribution in [0, 0.1) is 23.7 Å². The molecule has 4 aliphatic rings. The highest BCUT2D eigenvalue weighted by molar-refractivity contribution is 5.87. The average molecular weight is 138 g/mol. The van der Waals surface area contributed by atoms with Crippen LogP contribution in [0.5, 0.6) is 0 Å². The van der Waals surface area contributed by atoms with Gasteiger partial charge in [-0.15, -0.1) is 0 Å². The molecule has 0 amide bonds. The molecule has 2 nitrogen and oxygen atoms in total. The fraction of sp³-hybridized carbons (Fsp3) is 0.875. The summed E-state index contributed by atoms with van der Waals surface area (Å²) in [7, 11) is 0. The zero-order valence-electron chi connectivity index (χ0n) is 5.66. The van der Waals surface area contributed by atoms with Gasteiger partial charge in [-0.05, 0) is 24.2 Å². The minimum atomic E-state index is -0.118. The lowest BCUT2D eigenvalue weighted by molar-refractivity contribution is -0.126. The molecule has 0 aromatic carbocycles. The number of aliphatic hydroxyl groups is 1. The Bertz CT molecular complexity index is 209. The number of aliphatic hydroxyl groups excluding tert-OH is 1. The van der Waals surface area contributed by atoms with Gasteiger partial charge in [0.25, 0.3) is 0 Å². The largest absolute Gasteiger partial charge is 0.393 e. The Balaban J connectivity index is 2.01. The third kappa shape index (κ3) is 0.382. The summed E-state index contributed by atoms with van der Waals surface area (Å²) in [4.78, 5) is 11.1. The summed E-state index contributed by atoms with van der Waals surface area (Å²) in [6, 6.07) is 0. The number of fused-ring (bicyclic) bond motifs is 1. The smallest absolute Gasteiger partial charge is 0.137 e. The van der Waals surface area contributed by atoms with Crippen LogP contribution in [-0.2, 0) is 4.79 Å². The van der Waals surface area contributed by atoms with Gasteiger partial charge in [0.1, 0.15) is 5.78 Å². The minimum absolute atomic E-state index is 0.118. The van der Waals surface area contributed by atoms with E-state index in [9.17, 15) is 9.90 Å². The van der Waals surface area contributed by atoms with Crippen LogP contribution in [0.3, 0.4) is 0 Å². The topological polar surface area (TPSA) is 37.3 Å². The molecule has 2 heteroatoms. The second kappa shape index (κ2) is 1.30. The highest BCUT2D eigenvalue weighted by Crippen LogP contribution is 2.64. The van der Waals surface area contributed by atoms with Crippen LogP contribution >= 0.6 is 0 Å². The molecular formula is C8H10O2. The van der Waals surface area contributed by atoms with E-state index in [1.807, 2.05) is 0 Å². The molecule has 0 heterocycles. The van der Waals surface area contributed by atoms with E-state index >= 15 is 0 Å². The standard InChI is InChI=1S/C8H10O2/c9-5-2-3-1-4-6(5)7(4)8(3)10/h3-4,6-8,10H,1-2H2/t3?,4?,6-,7+,8-/m0/s1. The monoisotopic (exact) mass is 138 g/mol. The first-order valence-electron chi connectivity index (χ1n) is 4.00. The second-order valence-electron chi connectivity index (χ2n) is 3.92. The van der Waals surface area contributed by atoms with Crippen molar-refractivity contribution in [2.24, 2.45) is 23.7 Å². The first-order valence-corrected chi connectivity index (χ1v) is 4.00. The van der Waals surface area contributed by atoms with E-state index in [2.05, 4.69) is 0 Å². The van der Waals surface area contributed by atoms with Crippen LogP contribution in [0.4, 0.5) is 0 Å². The first kappa shape index (κ1) is 5.30. The predicted octanol–water partition coefficient (Wildman–Crippen LogP) is 0.202. The third-order valence-corrected chi connectivity index (χ3v) is 3.52. The maximum atomic E-state index is 11.1. The summed E-state index contributed by atoms with van der Waals surface area (Å²) in [5.74, 6) is 2.05. The summed E-state index contributed by atoms with van der Waals surface area (Å²) in [6.07, 6.45) is 1.67. The van der Waals surface area contributed by atoms with Crippen molar-refractivity contribution in [1.82, 2.24) is 0 Å². The molecule has 4 rings (SSSR count). The van der Waals surface area contributed by atoms with Gasteiger partial charge in [-0.2, -0.15) is 0 Å². The lowest BCUT2D eigenvalue weighted by atomic mass is 9.83. The van der Waals surface area contributed by atoms with E-state index in [0.717, 1.165) is 6.42 Å². The van der Waals surface area contributed by atoms with Crippen LogP contribution in [0.1, 0.15) is 12.8 Å². The molecule has 1 N–H and O–H groups in total. The number of hydrogen-bond acceptors (Lipinski definition) is 2. The summed E-state index contributed by atoms with van der Waals surface area (Å²) in [5.41, 5.74) is 0. The van der Waals surface area contributed by atoms with E-state index in [0.29, 0.717) is 35.9 Å².